The van der Waals surface area contributed by atoms with Crippen molar-refractivity contribution in [2.75, 3.05) is 59.3 Å². The number of rotatable bonds is 11. The van der Waals surface area contributed by atoms with Crippen LogP contribution in [0.1, 0.15) is 63.2 Å². The van der Waals surface area contributed by atoms with E-state index < -0.39 is 22.2 Å². The van der Waals surface area contributed by atoms with Gasteiger partial charge in [-0.05, 0) is 78.4 Å². The summed E-state index contributed by atoms with van der Waals surface area (Å²) in [5, 5.41) is 13.0. The van der Waals surface area contributed by atoms with E-state index in [1.54, 1.807) is 41.6 Å². The third kappa shape index (κ3) is 10.5. The van der Waals surface area contributed by atoms with Gasteiger partial charge in [0, 0.05) is 58.0 Å². The summed E-state index contributed by atoms with van der Waals surface area (Å²) in [7, 11) is 3.24. The molecule has 0 saturated carbocycles. The summed E-state index contributed by atoms with van der Waals surface area (Å²) >= 11 is 0. The second kappa shape index (κ2) is 17.2. The second-order valence-corrected chi connectivity index (χ2v) is 14.6. The van der Waals surface area contributed by atoms with Crippen molar-refractivity contribution in [2.24, 2.45) is 13.0 Å². The first-order valence-corrected chi connectivity index (χ1v) is 17.4. The Labute approximate surface area is 273 Å². The molecule has 1 aliphatic heterocycles. The fourth-order valence-corrected chi connectivity index (χ4v) is 6.42. The van der Waals surface area contributed by atoms with Crippen LogP contribution in [0.25, 0.3) is 0 Å². The largest absolute Gasteiger partial charge is 0.490 e. The zero-order valence-electron chi connectivity index (χ0n) is 28.3. The molecule has 3 rings (SSSR count). The van der Waals surface area contributed by atoms with Crippen molar-refractivity contribution in [3.8, 4) is 5.75 Å². The number of carbonyl (C=O) groups is 2. The molecule has 1 aliphatic rings. The van der Waals surface area contributed by atoms with Crippen LogP contribution in [0, 0.1) is 5.92 Å². The molecule has 0 bridgehead atoms. The molecule has 13 nitrogen and oxygen atoms in total. The van der Waals surface area contributed by atoms with Gasteiger partial charge >= 0.3 is 0 Å². The predicted octanol–water partition coefficient (Wildman–Crippen LogP) is 2.82. The van der Waals surface area contributed by atoms with Gasteiger partial charge in [0.15, 0.2) is 5.03 Å². The lowest BCUT2D eigenvalue weighted by Gasteiger charge is -2.35. The van der Waals surface area contributed by atoms with Gasteiger partial charge < -0.3 is 34.3 Å². The van der Waals surface area contributed by atoms with Crippen LogP contribution in [-0.2, 0) is 26.6 Å². The summed E-state index contributed by atoms with van der Waals surface area (Å²) in [5.41, 5.74) is 0.751. The summed E-state index contributed by atoms with van der Waals surface area (Å²) in [5.74, 6) is -0.435. The van der Waals surface area contributed by atoms with E-state index in [0.29, 0.717) is 37.3 Å². The van der Waals surface area contributed by atoms with Crippen molar-refractivity contribution in [1.82, 2.24) is 23.7 Å². The normalized spacial score (nSPS) is 21.0. The first kappa shape index (κ1) is 37.4. The molecule has 0 saturated heterocycles. The number of aliphatic hydroxyl groups excluding tert-OH is 1. The molecule has 0 spiro atoms. The Morgan fingerprint density at radius 1 is 1.22 bits per heavy atom. The van der Waals surface area contributed by atoms with Crippen LogP contribution in [0.5, 0.6) is 5.75 Å². The lowest BCUT2D eigenvalue weighted by Crippen LogP contribution is -2.48. The van der Waals surface area contributed by atoms with Gasteiger partial charge in [0.1, 0.15) is 5.75 Å². The number of nitrogens with one attached hydrogen (secondary N) is 1. The van der Waals surface area contributed by atoms with Gasteiger partial charge in [0.05, 0.1) is 36.7 Å². The van der Waals surface area contributed by atoms with Crippen molar-refractivity contribution < 1.29 is 32.6 Å². The van der Waals surface area contributed by atoms with E-state index in [2.05, 4.69) is 10.3 Å². The highest BCUT2D eigenvalue weighted by Crippen LogP contribution is 2.29. The molecule has 0 unspecified atom stereocenters. The van der Waals surface area contributed by atoms with Crippen LogP contribution in [0.4, 0.5) is 5.69 Å². The Bertz CT molecular complexity index is 1400. The van der Waals surface area contributed by atoms with Crippen molar-refractivity contribution in [3.63, 3.8) is 0 Å². The van der Waals surface area contributed by atoms with Crippen LogP contribution >= 0.6 is 0 Å². The number of fused-ring (bicyclic) bond motifs is 1. The van der Waals surface area contributed by atoms with Crippen LogP contribution in [0.2, 0.25) is 0 Å². The van der Waals surface area contributed by atoms with Crippen LogP contribution < -0.4 is 10.1 Å². The molecule has 0 aliphatic carbocycles. The van der Waals surface area contributed by atoms with Crippen LogP contribution in [-0.4, -0.2) is 121 Å². The molecule has 258 valence electrons. The molecular weight excluding hydrogens is 612 g/mol. The number of benzene rings is 1. The molecule has 46 heavy (non-hydrogen) atoms. The summed E-state index contributed by atoms with van der Waals surface area (Å²) in [6, 6.07) is 4.51. The average molecular weight is 665 g/mol. The van der Waals surface area contributed by atoms with Crippen LogP contribution in [0.15, 0.2) is 35.7 Å². The number of carbonyl (C=O) groups excluding carboxylic acids is 2. The maximum absolute atomic E-state index is 14.3. The van der Waals surface area contributed by atoms with Gasteiger partial charge in [-0.3, -0.25) is 9.59 Å². The average Bonchev–Trinajstić information content (AvgIpc) is 3.45. The summed E-state index contributed by atoms with van der Waals surface area (Å²) in [6.07, 6.45) is 5.45. The maximum atomic E-state index is 14.3. The summed E-state index contributed by atoms with van der Waals surface area (Å²) in [4.78, 5) is 34.6. The molecule has 2 amide bonds. The Morgan fingerprint density at radius 3 is 2.61 bits per heavy atom. The molecule has 0 radical (unpaired) electrons. The fraction of sp³-hybridized carbons (Fsp3) is 0.656. The van der Waals surface area contributed by atoms with E-state index in [9.17, 15) is 23.1 Å². The van der Waals surface area contributed by atoms with E-state index in [1.807, 2.05) is 32.8 Å². The van der Waals surface area contributed by atoms with Crippen molar-refractivity contribution in [1.29, 1.82) is 0 Å². The van der Waals surface area contributed by atoms with E-state index in [-0.39, 0.29) is 54.1 Å². The van der Waals surface area contributed by atoms with E-state index in [1.165, 1.54) is 23.9 Å². The third-order valence-electron chi connectivity index (χ3n) is 8.14. The van der Waals surface area contributed by atoms with Crippen LogP contribution in [0.3, 0.4) is 0 Å². The summed E-state index contributed by atoms with van der Waals surface area (Å²) < 4.78 is 41.9. The number of aliphatic hydroxyl groups is 1. The Morgan fingerprint density at radius 2 is 1.96 bits per heavy atom. The Hall–Kier alpha value is -3.04. The van der Waals surface area contributed by atoms with Gasteiger partial charge in [-0.2, -0.15) is 4.31 Å². The number of hydrogen-bond acceptors (Lipinski definition) is 9. The van der Waals surface area contributed by atoms with Gasteiger partial charge in [-0.15, -0.1) is 0 Å². The van der Waals surface area contributed by atoms with Gasteiger partial charge in [0.25, 0.3) is 15.9 Å². The minimum atomic E-state index is -3.87. The number of imidazole rings is 1. The number of aryl methyl sites for hydroxylation is 1. The fourth-order valence-electron chi connectivity index (χ4n) is 5.28. The van der Waals surface area contributed by atoms with E-state index in [4.69, 9.17) is 9.47 Å². The molecule has 2 heterocycles. The number of amides is 2. The third-order valence-corrected chi connectivity index (χ3v) is 9.85. The Kier molecular flexibility index (Phi) is 14.0. The molecule has 2 N–H and O–H groups in total. The number of nitrogens with zero attached hydrogens (tertiary/aromatic N) is 5. The number of anilines is 1. The lowest BCUT2D eigenvalue weighted by atomic mass is 10.0. The molecule has 4 atom stereocenters. The first-order chi connectivity index (χ1) is 21.7. The zero-order chi connectivity index (χ0) is 34.0. The smallest absolute Gasteiger partial charge is 0.261 e. The highest BCUT2D eigenvalue weighted by atomic mass is 32.2. The predicted molar refractivity (Wildman–Crippen MR) is 176 cm³/mol. The molecule has 2 aromatic rings. The number of hydrogen-bond donors (Lipinski definition) is 2. The minimum Gasteiger partial charge on any atom is -0.490 e. The minimum absolute atomic E-state index is 0.0513. The van der Waals surface area contributed by atoms with Gasteiger partial charge in [-0.1, -0.05) is 6.92 Å². The van der Waals surface area contributed by atoms with E-state index >= 15 is 0 Å². The topological polar surface area (TPSA) is 147 Å². The Balaban J connectivity index is 1.92. The summed E-state index contributed by atoms with van der Waals surface area (Å²) in [6.45, 7) is 6.74. The number of likely N-dealkylation sites (N-methyl/N-ethyl adjacent to an activating group) is 1. The molecule has 1 aromatic carbocycles. The quantitative estimate of drug-likeness (QED) is 0.370. The molecule has 0 fully saturated rings. The van der Waals surface area contributed by atoms with Gasteiger partial charge in [-0.25, -0.2) is 13.4 Å². The number of aromatic nitrogens is 2. The van der Waals surface area contributed by atoms with Crippen molar-refractivity contribution in [3.05, 3.63) is 36.3 Å². The lowest BCUT2D eigenvalue weighted by molar-refractivity contribution is -0.116. The molecule has 14 heteroatoms. The standard InChI is InChI=1S/C32H52N6O7S/c1-23-18-38(24(2)21-39)32(41)27-17-26(34-30(40)12-10-15-35(4)5)13-14-28(27)45-25(3)11-8-9-16-44-29(23)19-37(7)46(42,43)31-20-36(6)22-33-31/h13-14,17,20,22-25,29,39H,8-12,15-16,18-19,21H2,1-7H3,(H,34,40)/t23-,24+,25+,29-/m1/s1. The number of sulfonamides is 1. The number of ether oxygens (including phenoxy) is 2. The molecular formula is C32H52N6O7S. The van der Waals surface area contributed by atoms with Crippen molar-refractivity contribution in [2.45, 2.75) is 76.2 Å². The highest BCUT2D eigenvalue weighted by Gasteiger charge is 2.33. The first-order valence-electron chi connectivity index (χ1n) is 16.0. The maximum Gasteiger partial charge on any atom is 0.261 e. The van der Waals surface area contributed by atoms with Gasteiger partial charge in [0.2, 0.25) is 5.91 Å². The zero-order valence-corrected chi connectivity index (χ0v) is 29.1. The van der Waals surface area contributed by atoms with E-state index in [0.717, 1.165) is 19.4 Å². The second-order valence-electron chi connectivity index (χ2n) is 12.6. The SMILES string of the molecule is C[C@@H]1CN([C@@H](C)CO)C(=O)c2cc(NC(=O)CCCN(C)C)ccc2O[C@@H](C)CCCCO[C@@H]1CN(C)S(=O)(=O)c1cn(C)cn1. The van der Waals surface area contributed by atoms with Crippen molar-refractivity contribution >= 4 is 27.5 Å². The highest BCUT2D eigenvalue weighted by molar-refractivity contribution is 7.89. The molecule has 1 aromatic heterocycles. The monoisotopic (exact) mass is 664 g/mol.